The van der Waals surface area contributed by atoms with Crippen LogP contribution in [0.5, 0.6) is 17.2 Å². The zero-order valence-electron chi connectivity index (χ0n) is 11.3. The molecule has 0 N–H and O–H groups in total. The highest BCUT2D eigenvalue weighted by atomic mass is 16.7. The van der Waals surface area contributed by atoms with Crippen molar-refractivity contribution in [2.75, 3.05) is 13.9 Å². The lowest BCUT2D eigenvalue weighted by Crippen LogP contribution is -2.23. The SMILES string of the molecule is COc1cc(C(=O)C2CCCC(=O)C2)cc2c1OCO2. The fraction of sp³-hybridized carbons (Fsp3) is 0.467. The van der Waals surface area contributed by atoms with Crippen molar-refractivity contribution in [1.82, 2.24) is 0 Å². The second-order valence-corrected chi connectivity index (χ2v) is 5.11. The first-order valence-corrected chi connectivity index (χ1v) is 6.72. The molecule has 3 rings (SSSR count). The van der Waals surface area contributed by atoms with Gasteiger partial charge in [0.25, 0.3) is 0 Å². The van der Waals surface area contributed by atoms with Crippen LogP contribution in [-0.4, -0.2) is 25.5 Å². The second-order valence-electron chi connectivity index (χ2n) is 5.11. The Balaban J connectivity index is 1.90. The van der Waals surface area contributed by atoms with E-state index in [1.807, 2.05) is 0 Å². The molecule has 0 amide bonds. The molecule has 2 aliphatic rings. The number of hydrogen-bond donors (Lipinski definition) is 0. The maximum absolute atomic E-state index is 12.5. The third kappa shape index (κ3) is 2.24. The van der Waals surface area contributed by atoms with Crippen LogP contribution in [0.25, 0.3) is 0 Å². The minimum atomic E-state index is -0.221. The first-order valence-electron chi connectivity index (χ1n) is 6.72. The predicted octanol–water partition coefficient (Wildman–Crippen LogP) is 2.37. The summed E-state index contributed by atoms with van der Waals surface area (Å²) >= 11 is 0. The van der Waals surface area contributed by atoms with Gasteiger partial charge in [0.05, 0.1) is 7.11 Å². The van der Waals surface area contributed by atoms with Crippen molar-refractivity contribution >= 4 is 11.6 Å². The number of methoxy groups -OCH3 is 1. The number of ketones is 2. The number of Topliss-reactive ketones (excluding diaryl/α,β-unsaturated/α-hetero) is 2. The van der Waals surface area contributed by atoms with Gasteiger partial charge in [-0.1, -0.05) is 0 Å². The van der Waals surface area contributed by atoms with Gasteiger partial charge in [0.2, 0.25) is 12.5 Å². The van der Waals surface area contributed by atoms with Crippen LogP contribution in [0.4, 0.5) is 0 Å². The zero-order valence-corrected chi connectivity index (χ0v) is 11.3. The topological polar surface area (TPSA) is 61.8 Å². The van der Waals surface area contributed by atoms with E-state index in [1.165, 1.54) is 7.11 Å². The molecule has 1 fully saturated rings. The Kier molecular flexibility index (Phi) is 3.34. The minimum Gasteiger partial charge on any atom is -0.493 e. The summed E-state index contributed by atoms with van der Waals surface area (Å²) in [4.78, 5) is 24.0. The highest BCUT2D eigenvalue weighted by Gasteiger charge is 2.29. The number of benzene rings is 1. The van der Waals surface area contributed by atoms with Gasteiger partial charge in [0.15, 0.2) is 17.3 Å². The third-order valence-electron chi connectivity index (χ3n) is 3.80. The molecule has 1 saturated carbocycles. The molecular formula is C15H16O5. The van der Waals surface area contributed by atoms with E-state index in [0.717, 1.165) is 12.8 Å². The van der Waals surface area contributed by atoms with E-state index in [4.69, 9.17) is 14.2 Å². The molecule has 1 aliphatic carbocycles. The van der Waals surface area contributed by atoms with Gasteiger partial charge in [-0.25, -0.2) is 0 Å². The quantitative estimate of drug-likeness (QED) is 0.793. The number of carbonyl (C=O) groups excluding carboxylic acids is 2. The van der Waals surface area contributed by atoms with Gasteiger partial charge in [-0.15, -0.1) is 0 Å². The van der Waals surface area contributed by atoms with Crippen molar-refractivity contribution in [3.63, 3.8) is 0 Å². The van der Waals surface area contributed by atoms with Crippen molar-refractivity contribution < 1.29 is 23.8 Å². The van der Waals surface area contributed by atoms with Crippen LogP contribution in [-0.2, 0) is 4.79 Å². The number of rotatable bonds is 3. The average molecular weight is 276 g/mol. The van der Waals surface area contributed by atoms with Gasteiger partial charge in [0, 0.05) is 24.3 Å². The molecule has 1 aliphatic heterocycles. The Morgan fingerprint density at radius 3 is 2.95 bits per heavy atom. The fourth-order valence-electron chi connectivity index (χ4n) is 2.76. The Morgan fingerprint density at radius 2 is 2.20 bits per heavy atom. The lowest BCUT2D eigenvalue weighted by molar-refractivity contribution is -0.121. The van der Waals surface area contributed by atoms with Gasteiger partial charge in [-0.05, 0) is 25.0 Å². The Morgan fingerprint density at radius 1 is 1.35 bits per heavy atom. The van der Waals surface area contributed by atoms with Crippen LogP contribution in [0.2, 0.25) is 0 Å². The molecule has 5 heteroatoms. The van der Waals surface area contributed by atoms with Gasteiger partial charge in [-0.3, -0.25) is 9.59 Å². The maximum Gasteiger partial charge on any atom is 0.231 e. The highest BCUT2D eigenvalue weighted by Crippen LogP contribution is 2.42. The van der Waals surface area contributed by atoms with E-state index in [-0.39, 0.29) is 24.3 Å². The van der Waals surface area contributed by atoms with E-state index in [9.17, 15) is 9.59 Å². The van der Waals surface area contributed by atoms with E-state index in [2.05, 4.69) is 0 Å². The molecule has 1 atom stereocenters. The Labute approximate surface area is 116 Å². The molecule has 1 heterocycles. The second kappa shape index (κ2) is 5.15. The lowest BCUT2D eigenvalue weighted by atomic mass is 9.83. The molecule has 1 aromatic rings. The van der Waals surface area contributed by atoms with E-state index >= 15 is 0 Å². The number of hydrogen-bond acceptors (Lipinski definition) is 5. The summed E-state index contributed by atoms with van der Waals surface area (Å²) in [6.07, 6.45) is 2.49. The van der Waals surface area contributed by atoms with Crippen molar-refractivity contribution in [3.05, 3.63) is 17.7 Å². The highest BCUT2D eigenvalue weighted by molar-refractivity contribution is 6.01. The van der Waals surface area contributed by atoms with Crippen molar-refractivity contribution in [3.8, 4) is 17.2 Å². The molecule has 5 nitrogen and oxygen atoms in total. The Hall–Kier alpha value is -2.04. The van der Waals surface area contributed by atoms with E-state index in [1.54, 1.807) is 12.1 Å². The number of fused-ring (bicyclic) bond motifs is 1. The lowest BCUT2D eigenvalue weighted by Gasteiger charge is -2.20. The van der Waals surface area contributed by atoms with Crippen LogP contribution in [0, 0.1) is 5.92 Å². The van der Waals surface area contributed by atoms with Crippen LogP contribution in [0.1, 0.15) is 36.0 Å². The summed E-state index contributed by atoms with van der Waals surface area (Å²) in [6.45, 7) is 0.130. The van der Waals surface area contributed by atoms with Gasteiger partial charge in [0.1, 0.15) is 5.78 Å². The van der Waals surface area contributed by atoms with Gasteiger partial charge < -0.3 is 14.2 Å². The van der Waals surface area contributed by atoms with Crippen LogP contribution in [0.15, 0.2) is 12.1 Å². The first kappa shape index (κ1) is 13.0. The molecule has 1 unspecified atom stereocenters. The molecule has 20 heavy (non-hydrogen) atoms. The van der Waals surface area contributed by atoms with Crippen LogP contribution in [0.3, 0.4) is 0 Å². The maximum atomic E-state index is 12.5. The van der Waals surface area contributed by atoms with Crippen LogP contribution < -0.4 is 14.2 Å². The molecular weight excluding hydrogens is 260 g/mol. The van der Waals surface area contributed by atoms with Crippen molar-refractivity contribution in [2.24, 2.45) is 5.92 Å². The minimum absolute atomic E-state index is 0.0188. The number of ether oxygens (including phenoxy) is 3. The summed E-state index contributed by atoms with van der Waals surface area (Å²) < 4.78 is 15.9. The zero-order chi connectivity index (χ0) is 14.1. The van der Waals surface area contributed by atoms with Gasteiger partial charge in [-0.2, -0.15) is 0 Å². The summed E-state index contributed by atoms with van der Waals surface area (Å²) in [7, 11) is 1.52. The summed E-state index contributed by atoms with van der Waals surface area (Å²) in [5.41, 5.74) is 0.519. The monoisotopic (exact) mass is 276 g/mol. The van der Waals surface area contributed by atoms with Crippen LogP contribution >= 0.6 is 0 Å². The van der Waals surface area contributed by atoms with E-state index in [0.29, 0.717) is 35.7 Å². The first-order chi connectivity index (χ1) is 9.69. The molecule has 0 radical (unpaired) electrons. The van der Waals surface area contributed by atoms with Gasteiger partial charge >= 0.3 is 0 Å². The predicted molar refractivity (Wildman–Crippen MR) is 70.4 cm³/mol. The molecule has 0 saturated heterocycles. The fourth-order valence-corrected chi connectivity index (χ4v) is 2.76. The van der Waals surface area contributed by atoms with Crippen molar-refractivity contribution in [1.29, 1.82) is 0 Å². The Bertz CT molecular complexity index is 564. The van der Waals surface area contributed by atoms with E-state index < -0.39 is 0 Å². The molecule has 0 aromatic heterocycles. The third-order valence-corrected chi connectivity index (χ3v) is 3.80. The molecule has 0 spiro atoms. The molecule has 1 aromatic carbocycles. The number of carbonyl (C=O) groups is 2. The molecule has 106 valence electrons. The molecule has 0 bridgehead atoms. The normalized spacial score (nSPS) is 20.9. The summed E-state index contributed by atoms with van der Waals surface area (Å²) in [6, 6.07) is 3.33. The smallest absolute Gasteiger partial charge is 0.231 e. The standard InChI is InChI=1S/C15H16O5/c1-18-12-6-10(7-13-15(12)20-8-19-13)14(17)9-3-2-4-11(16)5-9/h6-7,9H,2-5,8H2,1H3. The average Bonchev–Trinajstić information content (AvgIpc) is 2.93. The largest absolute Gasteiger partial charge is 0.493 e. The summed E-state index contributed by atoms with van der Waals surface area (Å²) in [5.74, 6) is 1.47. The van der Waals surface area contributed by atoms with Crippen molar-refractivity contribution in [2.45, 2.75) is 25.7 Å². The summed E-state index contributed by atoms with van der Waals surface area (Å²) in [5, 5.41) is 0.